The Morgan fingerprint density at radius 1 is 1.33 bits per heavy atom. The standard InChI is InChI=1S/C14H24N2O2/c1-4-8-15-14-7-6-13(9-16-14)11-18-12(3)10-17-5-2/h6-7,9,12H,4-5,8,10-11H2,1-3H3,(H,15,16). The van der Waals surface area contributed by atoms with Crippen molar-refractivity contribution >= 4 is 5.82 Å². The molecule has 1 aromatic heterocycles. The van der Waals surface area contributed by atoms with Crippen molar-refractivity contribution in [1.82, 2.24) is 4.98 Å². The van der Waals surface area contributed by atoms with E-state index in [1.807, 2.05) is 32.2 Å². The smallest absolute Gasteiger partial charge is 0.125 e. The summed E-state index contributed by atoms with van der Waals surface area (Å²) in [6, 6.07) is 4.03. The molecule has 4 nitrogen and oxygen atoms in total. The van der Waals surface area contributed by atoms with E-state index in [1.165, 1.54) is 0 Å². The number of nitrogens with one attached hydrogen (secondary N) is 1. The van der Waals surface area contributed by atoms with Crippen molar-refractivity contribution in [3.05, 3.63) is 23.9 Å². The van der Waals surface area contributed by atoms with Crippen LogP contribution in [-0.4, -0.2) is 30.8 Å². The number of ether oxygens (including phenoxy) is 2. The van der Waals surface area contributed by atoms with Gasteiger partial charge < -0.3 is 14.8 Å². The highest BCUT2D eigenvalue weighted by atomic mass is 16.5. The van der Waals surface area contributed by atoms with Crippen molar-refractivity contribution in [2.24, 2.45) is 0 Å². The fraction of sp³-hybridized carbons (Fsp3) is 0.643. The summed E-state index contributed by atoms with van der Waals surface area (Å²) in [4.78, 5) is 4.33. The molecule has 0 fully saturated rings. The first-order valence-corrected chi connectivity index (χ1v) is 6.64. The maximum absolute atomic E-state index is 5.67. The molecule has 1 heterocycles. The van der Waals surface area contributed by atoms with Crippen LogP contribution in [0.1, 0.15) is 32.8 Å². The fourth-order valence-electron chi connectivity index (χ4n) is 1.44. The Morgan fingerprint density at radius 3 is 2.78 bits per heavy atom. The minimum absolute atomic E-state index is 0.114. The Morgan fingerprint density at radius 2 is 2.17 bits per heavy atom. The summed E-state index contributed by atoms with van der Waals surface area (Å²) in [6.45, 7) is 9.03. The minimum Gasteiger partial charge on any atom is -0.379 e. The predicted molar refractivity (Wildman–Crippen MR) is 73.8 cm³/mol. The van der Waals surface area contributed by atoms with Crippen LogP contribution in [0.4, 0.5) is 5.82 Å². The van der Waals surface area contributed by atoms with E-state index in [9.17, 15) is 0 Å². The zero-order valence-corrected chi connectivity index (χ0v) is 11.6. The average molecular weight is 252 g/mol. The molecule has 0 amide bonds. The largest absolute Gasteiger partial charge is 0.379 e. The number of hydrogen-bond acceptors (Lipinski definition) is 4. The second kappa shape index (κ2) is 8.89. The molecule has 1 N–H and O–H groups in total. The summed E-state index contributed by atoms with van der Waals surface area (Å²) in [5.74, 6) is 0.919. The van der Waals surface area contributed by atoms with E-state index in [1.54, 1.807) is 0 Å². The lowest BCUT2D eigenvalue weighted by molar-refractivity contribution is -0.0117. The summed E-state index contributed by atoms with van der Waals surface area (Å²) in [6.07, 6.45) is 3.07. The number of nitrogens with zero attached hydrogens (tertiary/aromatic N) is 1. The van der Waals surface area contributed by atoms with Gasteiger partial charge in [-0.1, -0.05) is 13.0 Å². The van der Waals surface area contributed by atoms with Crippen molar-refractivity contribution in [3.8, 4) is 0 Å². The van der Waals surface area contributed by atoms with Gasteiger partial charge in [-0.15, -0.1) is 0 Å². The molecule has 0 saturated carbocycles. The fourth-order valence-corrected chi connectivity index (χ4v) is 1.44. The van der Waals surface area contributed by atoms with Crippen LogP contribution >= 0.6 is 0 Å². The van der Waals surface area contributed by atoms with Crippen molar-refractivity contribution in [2.75, 3.05) is 25.1 Å². The van der Waals surface area contributed by atoms with Crippen LogP contribution in [0.5, 0.6) is 0 Å². The topological polar surface area (TPSA) is 43.4 Å². The second-order valence-corrected chi connectivity index (χ2v) is 4.26. The summed E-state index contributed by atoms with van der Waals surface area (Å²) >= 11 is 0. The minimum atomic E-state index is 0.114. The first-order valence-electron chi connectivity index (χ1n) is 6.64. The van der Waals surface area contributed by atoms with Crippen molar-refractivity contribution in [3.63, 3.8) is 0 Å². The highest BCUT2D eigenvalue weighted by Crippen LogP contribution is 2.07. The highest BCUT2D eigenvalue weighted by Gasteiger charge is 2.03. The molecular weight excluding hydrogens is 228 g/mol. The van der Waals surface area contributed by atoms with Gasteiger partial charge in [0.25, 0.3) is 0 Å². The average Bonchev–Trinajstić information content (AvgIpc) is 2.41. The van der Waals surface area contributed by atoms with E-state index in [0.717, 1.165) is 31.0 Å². The molecule has 0 bridgehead atoms. The van der Waals surface area contributed by atoms with Crippen LogP contribution in [0.25, 0.3) is 0 Å². The molecule has 0 aromatic carbocycles. The molecule has 0 aliphatic rings. The lowest BCUT2D eigenvalue weighted by atomic mass is 10.3. The maximum atomic E-state index is 5.67. The molecule has 0 aliphatic carbocycles. The third-order valence-electron chi connectivity index (χ3n) is 2.47. The summed E-state index contributed by atoms with van der Waals surface area (Å²) in [5.41, 5.74) is 1.08. The molecule has 4 heteroatoms. The summed E-state index contributed by atoms with van der Waals surface area (Å²) in [5, 5.41) is 3.24. The maximum Gasteiger partial charge on any atom is 0.125 e. The molecule has 1 unspecified atom stereocenters. The number of hydrogen-bond donors (Lipinski definition) is 1. The quantitative estimate of drug-likeness (QED) is 0.734. The molecule has 0 radical (unpaired) electrons. The second-order valence-electron chi connectivity index (χ2n) is 4.26. The van der Waals surface area contributed by atoms with Gasteiger partial charge in [0.1, 0.15) is 5.82 Å². The molecule has 1 aromatic rings. The summed E-state index contributed by atoms with van der Waals surface area (Å²) < 4.78 is 11.0. The van der Waals surface area contributed by atoms with Gasteiger partial charge >= 0.3 is 0 Å². The van der Waals surface area contributed by atoms with E-state index in [-0.39, 0.29) is 6.10 Å². The van der Waals surface area contributed by atoms with Gasteiger partial charge in [0.2, 0.25) is 0 Å². The molecule has 0 spiro atoms. The van der Waals surface area contributed by atoms with Gasteiger partial charge in [0.15, 0.2) is 0 Å². The SMILES string of the molecule is CCCNc1ccc(COC(C)COCC)cn1. The Bertz CT molecular complexity index is 314. The Kier molecular flexibility index (Phi) is 7.37. The number of rotatable bonds is 9. The predicted octanol–water partition coefficient (Wildman–Crippen LogP) is 2.85. The van der Waals surface area contributed by atoms with Crippen molar-refractivity contribution < 1.29 is 9.47 Å². The Hall–Kier alpha value is -1.13. The van der Waals surface area contributed by atoms with E-state index < -0.39 is 0 Å². The number of aromatic nitrogens is 1. The molecule has 1 rings (SSSR count). The van der Waals surface area contributed by atoms with Gasteiger partial charge in [-0.3, -0.25) is 0 Å². The number of pyridine rings is 1. The van der Waals surface area contributed by atoms with Crippen LogP contribution in [0.2, 0.25) is 0 Å². The zero-order valence-electron chi connectivity index (χ0n) is 11.6. The van der Waals surface area contributed by atoms with E-state index in [0.29, 0.717) is 13.2 Å². The van der Waals surface area contributed by atoms with Crippen LogP contribution in [0.3, 0.4) is 0 Å². The lowest BCUT2D eigenvalue weighted by Gasteiger charge is -2.13. The van der Waals surface area contributed by atoms with Gasteiger partial charge in [0, 0.05) is 19.3 Å². The molecular formula is C14H24N2O2. The Balaban J connectivity index is 2.30. The van der Waals surface area contributed by atoms with E-state index in [4.69, 9.17) is 9.47 Å². The third-order valence-corrected chi connectivity index (χ3v) is 2.47. The van der Waals surface area contributed by atoms with Crippen LogP contribution < -0.4 is 5.32 Å². The van der Waals surface area contributed by atoms with Crippen LogP contribution in [0.15, 0.2) is 18.3 Å². The Labute approximate surface area is 110 Å². The molecule has 0 aliphatic heterocycles. The van der Waals surface area contributed by atoms with E-state index in [2.05, 4.69) is 17.2 Å². The highest BCUT2D eigenvalue weighted by molar-refractivity contribution is 5.35. The molecule has 102 valence electrons. The van der Waals surface area contributed by atoms with Crippen molar-refractivity contribution in [2.45, 2.75) is 39.9 Å². The normalized spacial score (nSPS) is 12.4. The number of anilines is 1. The molecule has 1 atom stereocenters. The lowest BCUT2D eigenvalue weighted by Crippen LogP contribution is -2.15. The third kappa shape index (κ3) is 5.98. The monoisotopic (exact) mass is 252 g/mol. The van der Waals surface area contributed by atoms with Gasteiger partial charge in [-0.2, -0.15) is 0 Å². The van der Waals surface area contributed by atoms with Gasteiger partial charge in [0.05, 0.1) is 19.3 Å². The van der Waals surface area contributed by atoms with Crippen LogP contribution in [-0.2, 0) is 16.1 Å². The molecule has 18 heavy (non-hydrogen) atoms. The first kappa shape index (κ1) is 14.9. The van der Waals surface area contributed by atoms with Crippen LogP contribution in [0, 0.1) is 0 Å². The first-order chi connectivity index (χ1) is 8.76. The van der Waals surface area contributed by atoms with Gasteiger partial charge in [-0.25, -0.2) is 4.98 Å². The van der Waals surface area contributed by atoms with Gasteiger partial charge in [-0.05, 0) is 31.9 Å². The van der Waals surface area contributed by atoms with Crippen molar-refractivity contribution in [1.29, 1.82) is 0 Å². The summed E-state index contributed by atoms with van der Waals surface area (Å²) in [7, 11) is 0. The molecule has 0 saturated heterocycles. The van der Waals surface area contributed by atoms with E-state index >= 15 is 0 Å². The zero-order chi connectivity index (χ0) is 13.2.